The molecule has 3 aromatic rings. The number of rotatable bonds is 1. The summed E-state index contributed by atoms with van der Waals surface area (Å²) in [5, 5.41) is 4.98. The Morgan fingerprint density at radius 2 is 2.23 bits per heavy atom. The molecule has 1 N–H and O–H groups in total. The van der Waals surface area contributed by atoms with Gasteiger partial charge in [-0.3, -0.25) is 0 Å². The summed E-state index contributed by atoms with van der Waals surface area (Å²) < 4.78 is 4.40. The van der Waals surface area contributed by atoms with Crippen molar-refractivity contribution in [2.24, 2.45) is 0 Å². The Morgan fingerprint density at radius 1 is 1.35 bits per heavy atom. The molecule has 0 unspecified atom stereocenters. The van der Waals surface area contributed by atoms with E-state index in [9.17, 15) is 4.79 Å². The summed E-state index contributed by atoms with van der Waals surface area (Å²) in [4.78, 5) is 19.1. The van der Waals surface area contributed by atoms with E-state index in [1.54, 1.807) is 6.20 Å². The number of hydrogen-bond acceptors (Lipinski definition) is 2. The maximum atomic E-state index is 12.8. The largest absolute Gasteiger partial charge is 0.341 e. The third-order valence-corrected chi connectivity index (χ3v) is 5.90. The van der Waals surface area contributed by atoms with Crippen LogP contribution in [-0.2, 0) is 13.1 Å². The molecular formula is C19H20ClN5O. The third-order valence-electron chi connectivity index (χ3n) is 5.57. The van der Waals surface area contributed by atoms with Crippen molar-refractivity contribution in [3.8, 4) is 0 Å². The van der Waals surface area contributed by atoms with Crippen LogP contribution in [0.3, 0.4) is 0 Å². The second kappa shape index (κ2) is 5.77. The van der Waals surface area contributed by atoms with Crippen molar-refractivity contribution in [2.45, 2.75) is 38.5 Å². The van der Waals surface area contributed by atoms with E-state index in [-0.39, 0.29) is 12.1 Å². The fourth-order valence-electron chi connectivity index (χ4n) is 4.26. The zero-order valence-electron chi connectivity index (χ0n) is 14.5. The van der Waals surface area contributed by atoms with Gasteiger partial charge < -0.3 is 19.4 Å². The SMILES string of the molecule is C[C@@H]1C[C@@H](NC(=O)N2CCn3c(cc4c(Cl)cccc43)C2)c2nccn21. The van der Waals surface area contributed by atoms with Crippen LogP contribution in [0.1, 0.15) is 36.9 Å². The van der Waals surface area contributed by atoms with Crippen molar-refractivity contribution >= 4 is 28.5 Å². The van der Waals surface area contributed by atoms with E-state index < -0.39 is 0 Å². The van der Waals surface area contributed by atoms with Crippen molar-refractivity contribution in [2.75, 3.05) is 6.54 Å². The summed E-state index contributed by atoms with van der Waals surface area (Å²) in [5.74, 6) is 0.948. The van der Waals surface area contributed by atoms with E-state index in [0.29, 0.717) is 19.1 Å². The summed E-state index contributed by atoms with van der Waals surface area (Å²) in [6.07, 6.45) is 4.67. The third kappa shape index (κ3) is 2.32. The van der Waals surface area contributed by atoms with E-state index >= 15 is 0 Å². The van der Waals surface area contributed by atoms with Gasteiger partial charge in [-0.05, 0) is 31.5 Å². The number of urea groups is 1. The van der Waals surface area contributed by atoms with E-state index in [0.717, 1.165) is 40.4 Å². The average Bonchev–Trinajstić information content (AvgIpc) is 3.31. The standard InChI is InChI=1S/C19H20ClN5O/c1-12-9-16(18-21-5-6-24(12)18)22-19(26)23-7-8-25-13(11-23)10-14-15(20)3-2-4-17(14)25/h2-6,10,12,16H,7-9,11H2,1H3,(H,22,26)/t12-,16-/m1/s1. The van der Waals surface area contributed by atoms with Crippen molar-refractivity contribution < 1.29 is 4.79 Å². The lowest BCUT2D eigenvalue weighted by atomic mass is 10.2. The Balaban J connectivity index is 1.36. The molecule has 0 bridgehead atoms. The number of benzene rings is 1. The lowest BCUT2D eigenvalue weighted by molar-refractivity contribution is 0.179. The number of fused-ring (bicyclic) bond motifs is 4. The molecule has 2 amide bonds. The number of nitrogens with one attached hydrogen (secondary N) is 1. The maximum Gasteiger partial charge on any atom is 0.318 e. The predicted octanol–water partition coefficient (Wildman–Crippen LogP) is 3.72. The molecule has 2 atom stereocenters. The first-order chi connectivity index (χ1) is 12.6. The van der Waals surface area contributed by atoms with Gasteiger partial charge in [0.05, 0.1) is 12.6 Å². The quantitative estimate of drug-likeness (QED) is 0.710. The predicted molar refractivity (Wildman–Crippen MR) is 100 cm³/mol. The fraction of sp³-hybridized carbons (Fsp3) is 0.368. The number of hydrogen-bond donors (Lipinski definition) is 1. The summed E-state index contributed by atoms with van der Waals surface area (Å²) in [6.45, 7) is 4.21. The molecule has 0 radical (unpaired) electrons. The van der Waals surface area contributed by atoms with Crippen molar-refractivity contribution in [1.82, 2.24) is 24.3 Å². The Bertz CT molecular complexity index is 1010. The van der Waals surface area contributed by atoms with E-state index in [1.165, 1.54) is 0 Å². The summed E-state index contributed by atoms with van der Waals surface area (Å²) in [6, 6.07) is 8.38. The maximum absolute atomic E-state index is 12.8. The topological polar surface area (TPSA) is 55.1 Å². The Morgan fingerprint density at radius 3 is 3.12 bits per heavy atom. The van der Waals surface area contributed by atoms with Gasteiger partial charge in [0.15, 0.2) is 0 Å². The monoisotopic (exact) mass is 369 g/mol. The van der Waals surface area contributed by atoms with Gasteiger partial charge in [0.1, 0.15) is 5.82 Å². The molecule has 0 aliphatic carbocycles. The molecule has 2 aliphatic rings. The fourth-order valence-corrected chi connectivity index (χ4v) is 4.48. The minimum absolute atomic E-state index is 0.0188. The Hall–Kier alpha value is -2.47. The number of carbonyl (C=O) groups is 1. The highest BCUT2D eigenvalue weighted by Crippen LogP contribution is 2.33. The molecule has 26 heavy (non-hydrogen) atoms. The van der Waals surface area contributed by atoms with Crippen LogP contribution in [0.15, 0.2) is 36.7 Å². The number of imidazole rings is 1. The first-order valence-electron chi connectivity index (χ1n) is 8.96. The molecule has 5 rings (SSSR count). The molecule has 4 heterocycles. The molecule has 0 saturated carbocycles. The van der Waals surface area contributed by atoms with Gasteiger partial charge in [0, 0.05) is 53.1 Å². The van der Waals surface area contributed by atoms with Crippen LogP contribution in [0, 0.1) is 0 Å². The highest BCUT2D eigenvalue weighted by Gasteiger charge is 2.32. The molecule has 1 aromatic carbocycles. The summed E-state index contributed by atoms with van der Waals surface area (Å²) >= 11 is 6.32. The number of carbonyl (C=O) groups excluding carboxylic acids is 1. The highest BCUT2D eigenvalue weighted by molar-refractivity contribution is 6.35. The normalized spacial score (nSPS) is 21.7. The minimum atomic E-state index is -0.0266. The molecular weight excluding hydrogens is 350 g/mol. The molecule has 0 saturated heterocycles. The number of nitrogens with zero attached hydrogens (tertiary/aromatic N) is 4. The van der Waals surface area contributed by atoms with Crippen molar-refractivity contribution in [3.63, 3.8) is 0 Å². The number of aromatic nitrogens is 3. The van der Waals surface area contributed by atoms with E-state index in [1.807, 2.05) is 23.2 Å². The van der Waals surface area contributed by atoms with Crippen molar-refractivity contribution in [1.29, 1.82) is 0 Å². The average molecular weight is 370 g/mol. The van der Waals surface area contributed by atoms with Gasteiger partial charge in [-0.2, -0.15) is 0 Å². The zero-order valence-corrected chi connectivity index (χ0v) is 15.3. The van der Waals surface area contributed by atoms with Gasteiger partial charge in [-0.1, -0.05) is 17.7 Å². The molecule has 2 aliphatic heterocycles. The second-order valence-electron chi connectivity index (χ2n) is 7.16. The molecule has 0 spiro atoms. The van der Waals surface area contributed by atoms with E-state index in [4.69, 9.17) is 11.6 Å². The first-order valence-corrected chi connectivity index (χ1v) is 9.34. The Kier molecular flexibility index (Phi) is 3.50. The first kappa shape index (κ1) is 15.8. The molecule has 134 valence electrons. The van der Waals surface area contributed by atoms with Crippen LogP contribution < -0.4 is 5.32 Å². The van der Waals surface area contributed by atoms with Gasteiger partial charge in [-0.25, -0.2) is 9.78 Å². The van der Waals surface area contributed by atoms with Gasteiger partial charge in [-0.15, -0.1) is 0 Å². The van der Waals surface area contributed by atoms with E-state index in [2.05, 4.69) is 38.5 Å². The second-order valence-corrected chi connectivity index (χ2v) is 7.57. The molecule has 7 heteroatoms. The Labute approximate surface area is 156 Å². The van der Waals surface area contributed by atoms with Gasteiger partial charge >= 0.3 is 6.03 Å². The molecule has 0 fully saturated rings. The minimum Gasteiger partial charge on any atom is -0.341 e. The van der Waals surface area contributed by atoms with Crippen LogP contribution in [0.2, 0.25) is 5.02 Å². The van der Waals surface area contributed by atoms with Crippen molar-refractivity contribution in [3.05, 3.63) is 53.2 Å². The van der Waals surface area contributed by atoms with Crippen LogP contribution >= 0.6 is 11.6 Å². The number of amides is 2. The summed E-state index contributed by atoms with van der Waals surface area (Å²) in [7, 11) is 0. The summed E-state index contributed by atoms with van der Waals surface area (Å²) in [5.41, 5.74) is 2.26. The van der Waals surface area contributed by atoms with Gasteiger partial charge in [0.25, 0.3) is 0 Å². The lowest BCUT2D eigenvalue weighted by Crippen LogP contribution is -2.45. The highest BCUT2D eigenvalue weighted by atomic mass is 35.5. The van der Waals surface area contributed by atoms with Gasteiger partial charge in [0.2, 0.25) is 0 Å². The zero-order chi connectivity index (χ0) is 17.8. The van der Waals surface area contributed by atoms with Crippen LogP contribution in [-0.4, -0.2) is 31.6 Å². The molecule has 6 nitrogen and oxygen atoms in total. The van der Waals surface area contributed by atoms with Crippen LogP contribution in [0.4, 0.5) is 4.79 Å². The van der Waals surface area contributed by atoms with Crippen LogP contribution in [0.25, 0.3) is 10.9 Å². The molecule has 2 aromatic heterocycles. The lowest BCUT2D eigenvalue weighted by Gasteiger charge is -2.30. The van der Waals surface area contributed by atoms with Crippen LogP contribution in [0.5, 0.6) is 0 Å². The number of halogens is 1. The smallest absolute Gasteiger partial charge is 0.318 e.